The van der Waals surface area contributed by atoms with Gasteiger partial charge < -0.3 is 4.57 Å². The van der Waals surface area contributed by atoms with Crippen molar-refractivity contribution in [2.75, 3.05) is 0 Å². The zero-order valence-corrected chi connectivity index (χ0v) is 15.4. The molecule has 0 amide bonds. The average Bonchev–Trinajstić information content (AvgIpc) is 2.96. The number of benzene rings is 1. The smallest absolute Gasteiger partial charge is 0.138 e. The molecule has 0 aliphatic carbocycles. The molecular weight excluding hydrogens is 477 g/mol. The van der Waals surface area contributed by atoms with Crippen LogP contribution in [0.15, 0.2) is 28.1 Å². The molecule has 0 saturated carbocycles. The molecule has 0 spiro atoms. The first-order chi connectivity index (χ1) is 9.58. The third-order valence-electron chi connectivity index (χ3n) is 2.93. The second kappa shape index (κ2) is 5.90. The second-order valence-electron chi connectivity index (χ2n) is 4.21. The summed E-state index contributed by atoms with van der Waals surface area (Å²) < 4.78 is 17.4. The predicted molar refractivity (Wildman–Crippen MR) is 93.1 cm³/mol. The molecule has 0 radical (unpaired) electrons. The monoisotopic (exact) mass is 484 g/mol. The minimum atomic E-state index is -0.229. The summed E-state index contributed by atoms with van der Waals surface area (Å²) >= 11 is 13.0. The van der Waals surface area contributed by atoms with Crippen LogP contribution in [0, 0.1) is 9.39 Å². The lowest BCUT2D eigenvalue weighted by atomic mass is 10.3. The van der Waals surface area contributed by atoms with Crippen LogP contribution in [-0.4, -0.2) is 9.55 Å². The standard InChI is InChI=1S/C13H8BrClFIN2S/c14-12-2-1-7(20-12)6-19-11-3-8(16)9(17)4-10(11)18-13(19)5-15/h1-4H,5-6H2. The number of hydrogen-bond donors (Lipinski definition) is 0. The third kappa shape index (κ3) is 2.75. The van der Waals surface area contributed by atoms with E-state index in [2.05, 4.69) is 20.9 Å². The number of aromatic nitrogens is 2. The van der Waals surface area contributed by atoms with E-state index in [1.807, 2.05) is 39.3 Å². The van der Waals surface area contributed by atoms with Gasteiger partial charge in [0.15, 0.2) is 0 Å². The molecule has 0 unspecified atom stereocenters. The van der Waals surface area contributed by atoms with E-state index < -0.39 is 0 Å². The maximum atomic E-state index is 13.8. The summed E-state index contributed by atoms with van der Waals surface area (Å²) in [6, 6.07) is 7.33. The molecule has 0 fully saturated rings. The lowest BCUT2D eigenvalue weighted by molar-refractivity contribution is 0.621. The zero-order chi connectivity index (χ0) is 14.3. The number of thiophene rings is 1. The lowest BCUT2D eigenvalue weighted by Gasteiger charge is -2.06. The molecule has 2 heterocycles. The van der Waals surface area contributed by atoms with Gasteiger partial charge >= 0.3 is 0 Å². The van der Waals surface area contributed by atoms with Crippen molar-refractivity contribution in [3.8, 4) is 0 Å². The Morgan fingerprint density at radius 3 is 2.85 bits per heavy atom. The van der Waals surface area contributed by atoms with Gasteiger partial charge in [0, 0.05) is 10.9 Å². The Morgan fingerprint density at radius 1 is 1.40 bits per heavy atom. The molecule has 0 aliphatic rings. The SMILES string of the molecule is Fc1cc2c(cc1I)nc(CCl)n2Cc1ccc(Br)s1. The van der Waals surface area contributed by atoms with Crippen LogP contribution in [0.3, 0.4) is 0 Å². The molecule has 3 rings (SSSR count). The van der Waals surface area contributed by atoms with Crippen LogP contribution in [0.2, 0.25) is 0 Å². The largest absolute Gasteiger partial charge is 0.322 e. The Balaban J connectivity index is 2.14. The molecule has 2 nitrogen and oxygen atoms in total. The number of fused-ring (bicyclic) bond motifs is 1. The van der Waals surface area contributed by atoms with E-state index in [9.17, 15) is 4.39 Å². The number of imidazole rings is 1. The first kappa shape index (κ1) is 14.7. The Labute approximate surface area is 146 Å². The molecule has 1 aromatic carbocycles. The van der Waals surface area contributed by atoms with Gasteiger partial charge in [0.25, 0.3) is 0 Å². The van der Waals surface area contributed by atoms with Crippen LogP contribution < -0.4 is 0 Å². The highest BCUT2D eigenvalue weighted by atomic mass is 127. The maximum absolute atomic E-state index is 13.8. The van der Waals surface area contributed by atoms with E-state index in [1.54, 1.807) is 17.4 Å². The van der Waals surface area contributed by atoms with Crippen molar-refractivity contribution >= 4 is 72.5 Å². The molecule has 0 bridgehead atoms. The quantitative estimate of drug-likeness (QED) is 0.359. The number of hydrogen-bond acceptors (Lipinski definition) is 2. The topological polar surface area (TPSA) is 17.8 Å². The fourth-order valence-corrected chi connectivity index (χ4v) is 4.17. The van der Waals surface area contributed by atoms with Gasteiger partial charge in [-0.2, -0.15) is 0 Å². The number of nitrogens with zero attached hydrogens (tertiary/aromatic N) is 2. The Bertz CT molecular complexity index is 786. The van der Waals surface area contributed by atoms with Crippen molar-refractivity contribution in [3.05, 3.63) is 48.1 Å². The van der Waals surface area contributed by atoms with Gasteiger partial charge in [0.05, 0.1) is 30.8 Å². The van der Waals surface area contributed by atoms with E-state index in [4.69, 9.17) is 11.6 Å². The molecule has 3 aromatic rings. The molecule has 7 heteroatoms. The minimum Gasteiger partial charge on any atom is -0.322 e. The van der Waals surface area contributed by atoms with Crippen molar-refractivity contribution in [1.29, 1.82) is 0 Å². The predicted octanol–water partition coefficient (Wildman–Crippen LogP) is 5.39. The summed E-state index contributed by atoms with van der Waals surface area (Å²) in [5.74, 6) is 0.833. The minimum absolute atomic E-state index is 0.229. The fourth-order valence-electron chi connectivity index (χ4n) is 2.04. The van der Waals surface area contributed by atoms with Crippen molar-refractivity contribution < 1.29 is 4.39 Å². The van der Waals surface area contributed by atoms with Crippen molar-refractivity contribution in [1.82, 2.24) is 9.55 Å². The van der Waals surface area contributed by atoms with Crippen LogP contribution in [0.4, 0.5) is 4.39 Å². The van der Waals surface area contributed by atoms with Crippen molar-refractivity contribution in [2.24, 2.45) is 0 Å². The van der Waals surface area contributed by atoms with E-state index in [0.29, 0.717) is 16.0 Å². The molecular formula is C13H8BrClFIN2S. The normalized spacial score (nSPS) is 11.4. The van der Waals surface area contributed by atoms with Gasteiger partial charge in [0.1, 0.15) is 11.6 Å². The average molecular weight is 486 g/mol. The number of halogens is 4. The molecule has 104 valence electrons. The summed E-state index contributed by atoms with van der Waals surface area (Å²) in [4.78, 5) is 5.66. The van der Waals surface area contributed by atoms with Crippen LogP contribution >= 0.6 is 61.5 Å². The Morgan fingerprint density at radius 2 is 2.20 bits per heavy atom. The van der Waals surface area contributed by atoms with Gasteiger partial charge in [0.2, 0.25) is 0 Å². The summed E-state index contributed by atoms with van der Waals surface area (Å²) in [5, 5.41) is 0. The first-order valence-electron chi connectivity index (χ1n) is 5.73. The molecule has 2 aromatic heterocycles. The number of rotatable bonds is 3. The highest BCUT2D eigenvalue weighted by Crippen LogP contribution is 2.27. The van der Waals surface area contributed by atoms with E-state index in [1.165, 1.54) is 10.9 Å². The van der Waals surface area contributed by atoms with E-state index in [0.717, 1.165) is 20.6 Å². The Hall–Kier alpha value is -0.180. The van der Waals surface area contributed by atoms with E-state index >= 15 is 0 Å². The molecule has 20 heavy (non-hydrogen) atoms. The lowest BCUT2D eigenvalue weighted by Crippen LogP contribution is -2.02. The van der Waals surface area contributed by atoms with Crippen molar-refractivity contribution in [2.45, 2.75) is 12.4 Å². The molecule has 0 atom stereocenters. The first-order valence-corrected chi connectivity index (χ1v) is 8.95. The summed E-state index contributed by atoms with van der Waals surface area (Å²) in [6.07, 6.45) is 0. The third-order valence-corrected chi connectivity index (χ3v) is 5.61. The Kier molecular flexibility index (Phi) is 4.35. The van der Waals surface area contributed by atoms with Crippen LogP contribution in [-0.2, 0) is 12.4 Å². The van der Waals surface area contributed by atoms with Crippen LogP contribution in [0.1, 0.15) is 10.7 Å². The summed E-state index contributed by atoms with van der Waals surface area (Å²) in [5.41, 5.74) is 1.56. The van der Waals surface area contributed by atoms with Crippen LogP contribution in [0.25, 0.3) is 11.0 Å². The number of alkyl halides is 1. The molecule has 0 N–H and O–H groups in total. The van der Waals surface area contributed by atoms with Crippen LogP contribution in [0.5, 0.6) is 0 Å². The van der Waals surface area contributed by atoms with Gasteiger partial charge in [-0.1, -0.05) is 0 Å². The second-order valence-corrected chi connectivity index (χ2v) is 8.19. The highest BCUT2D eigenvalue weighted by Gasteiger charge is 2.14. The van der Waals surface area contributed by atoms with Gasteiger partial charge in [-0.15, -0.1) is 22.9 Å². The maximum Gasteiger partial charge on any atom is 0.138 e. The summed E-state index contributed by atoms with van der Waals surface area (Å²) in [7, 11) is 0. The molecule has 0 aliphatic heterocycles. The van der Waals surface area contributed by atoms with Gasteiger partial charge in [-0.3, -0.25) is 0 Å². The fraction of sp³-hybridized carbons (Fsp3) is 0.154. The van der Waals surface area contributed by atoms with Gasteiger partial charge in [-0.25, -0.2) is 9.37 Å². The molecule has 0 saturated heterocycles. The van der Waals surface area contributed by atoms with Crippen molar-refractivity contribution in [3.63, 3.8) is 0 Å². The van der Waals surface area contributed by atoms with Gasteiger partial charge in [-0.05, 0) is 56.7 Å². The zero-order valence-electron chi connectivity index (χ0n) is 10.0. The summed E-state index contributed by atoms with van der Waals surface area (Å²) in [6.45, 7) is 0.648. The highest BCUT2D eigenvalue weighted by molar-refractivity contribution is 14.1. The van der Waals surface area contributed by atoms with E-state index in [-0.39, 0.29) is 5.82 Å².